The minimum atomic E-state index is -0.773. The highest BCUT2D eigenvalue weighted by molar-refractivity contribution is 5.85. The molecule has 1 N–H and O–H groups in total. The molecule has 6 nitrogen and oxygen atoms in total. The third-order valence-electron chi connectivity index (χ3n) is 6.88. The molecular formula is C30H33ClN2O4. The van der Waals surface area contributed by atoms with Crippen molar-refractivity contribution in [1.82, 2.24) is 4.90 Å². The van der Waals surface area contributed by atoms with Gasteiger partial charge in [0.15, 0.2) is 5.43 Å². The van der Waals surface area contributed by atoms with Gasteiger partial charge in [0.25, 0.3) is 0 Å². The molecule has 0 aliphatic carbocycles. The van der Waals surface area contributed by atoms with E-state index in [1.807, 2.05) is 67.6 Å². The van der Waals surface area contributed by atoms with E-state index < -0.39 is 6.10 Å². The number of fused-ring (bicyclic) bond motifs is 1. The summed E-state index contributed by atoms with van der Waals surface area (Å²) in [5.74, 6) is 1.46. The first kappa shape index (κ1) is 26.7. The van der Waals surface area contributed by atoms with Gasteiger partial charge in [-0.05, 0) is 32.0 Å². The number of ether oxygens (including phenoxy) is 1. The molecule has 1 fully saturated rings. The summed E-state index contributed by atoms with van der Waals surface area (Å²) < 4.78 is 12.1. The highest BCUT2D eigenvalue weighted by Gasteiger charge is 2.24. The predicted molar refractivity (Wildman–Crippen MR) is 151 cm³/mol. The average molecular weight is 521 g/mol. The van der Waals surface area contributed by atoms with E-state index >= 15 is 0 Å². The van der Waals surface area contributed by atoms with Gasteiger partial charge in [-0.3, -0.25) is 9.69 Å². The first-order chi connectivity index (χ1) is 17.6. The molecule has 1 atom stereocenters. The molecule has 1 saturated heterocycles. The number of hydrogen-bond donors (Lipinski definition) is 1. The number of rotatable bonds is 7. The summed E-state index contributed by atoms with van der Waals surface area (Å²) in [5, 5.41) is 11.8. The Labute approximate surface area is 223 Å². The van der Waals surface area contributed by atoms with E-state index in [1.165, 1.54) is 0 Å². The monoisotopic (exact) mass is 520 g/mol. The molecule has 2 heterocycles. The van der Waals surface area contributed by atoms with Crippen LogP contribution in [0.25, 0.3) is 22.3 Å². The summed E-state index contributed by atoms with van der Waals surface area (Å²) in [6.45, 7) is 8.22. The van der Waals surface area contributed by atoms with E-state index in [-0.39, 0.29) is 17.8 Å². The van der Waals surface area contributed by atoms with Crippen LogP contribution in [-0.4, -0.2) is 49.3 Å². The maximum absolute atomic E-state index is 13.2. The first-order valence-corrected chi connectivity index (χ1v) is 12.6. The number of aliphatic hydroxyl groups excluding tert-OH is 1. The summed E-state index contributed by atoms with van der Waals surface area (Å²) in [6.07, 6.45) is -0.773. The normalized spacial score (nSPS) is 14.8. The number of halogens is 1. The van der Waals surface area contributed by atoms with Crippen molar-refractivity contribution in [3.63, 3.8) is 0 Å². The van der Waals surface area contributed by atoms with Crippen LogP contribution in [0.1, 0.15) is 24.2 Å². The van der Waals surface area contributed by atoms with Crippen molar-refractivity contribution >= 4 is 29.1 Å². The lowest BCUT2D eigenvalue weighted by Crippen LogP contribution is -2.47. The van der Waals surface area contributed by atoms with Gasteiger partial charge in [0.2, 0.25) is 0 Å². The minimum absolute atomic E-state index is 0. The molecule has 0 amide bonds. The molecule has 0 spiro atoms. The van der Waals surface area contributed by atoms with Crippen LogP contribution in [0.5, 0.6) is 5.75 Å². The Hall–Kier alpha value is -3.32. The maximum Gasteiger partial charge on any atom is 0.196 e. The summed E-state index contributed by atoms with van der Waals surface area (Å²) in [6, 6.07) is 23.2. The van der Waals surface area contributed by atoms with Crippen LogP contribution in [0.3, 0.4) is 0 Å². The zero-order valence-corrected chi connectivity index (χ0v) is 22.0. The molecule has 3 aromatic carbocycles. The van der Waals surface area contributed by atoms with Crippen molar-refractivity contribution in [2.75, 3.05) is 44.2 Å². The molecule has 194 valence electrons. The Kier molecular flexibility index (Phi) is 8.54. The molecule has 1 aliphatic rings. The molecule has 4 aromatic rings. The Morgan fingerprint density at radius 3 is 2.38 bits per heavy atom. The maximum atomic E-state index is 13.2. The molecule has 0 bridgehead atoms. The fourth-order valence-corrected chi connectivity index (χ4v) is 4.97. The second-order valence-electron chi connectivity index (χ2n) is 9.18. The molecule has 7 heteroatoms. The predicted octanol–water partition coefficient (Wildman–Crippen LogP) is 5.44. The van der Waals surface area contributed by atoms with Gasteiger partial charge in [-0.15, -0.1) is 12.4 Å². The quantitative estimate of drug-likeness (QED) is 0.350. The van der Waals surface area contributed by atoms with Crippen molar-refractivity contribution in [2.45, 2.75) is 20.0 Å². The van der Waals surface area contributed by atoms with Crippen molar-refractivity contribution in [3.8, 4) is 17.1 Å². The van der Waals surface area contributed by atoms with E-state index in [4.69, 9.17) is 9.15 Å². The topological polar surface area (TPSA) is 66.2 Å². The third-order valence-corrected chi connectivity index (χ3v) is 6.88. The van der Waals surface area contributed by atoms with Gasteiger partial charge in [-0.1, -0.05) is 54.6 Å². The fraction of sp³-hybridized carbons (Fsp3) is 0.300. The van der Waals surface area contributed by atoms with Crippen LogP contribution in [0.2, 0.25) is 0 Å². The highest BCUT2D eigenvalue weighted by Crippen LogP contribution is 2.31. The summed E-state index contributed by atoms with van der Waals surface area (Å²) in [4.78, 5) is 17.8. The number of hydrogen-bond acceptors (Lipinski definition) is 6. The molecule has 0 saturated carbocycles. The van der Waals surface area contributed by atoms with Crippen molar-refractivity contribution in [3.05, 3.63) is 94.1 Å². The Morgan fingerprint density at radius 1 is 0.946 bits per heavy atom. The number of para-hydroxylation sites is 3. The number of aliphatic hydroxyl groups is 1. The standard InChI is InChI=1S/C30H32N2O4.ClH/c1-3-35-27-15-8-7-14-25(27)32-18-16-31(17-19-32)20-26(33)23-12-9-13-24-28(34)21(2)29(36-30(23)24)22-10-5-4-6-11-22;/h4-15,26,33H,3,16-20H2,1-2H3;1H. The molecule has 1 unspecified atom stereocenters. The van der Waals surface area contributed by atoms with Crippen LogP contribution in [-0.2, 0) is 0 Å². The van der Waals surface area contributed by atoms with Gasteiger partial charge >= 0.3 is 0 Å². The van der Waals surface area contributed by atoms with Crippen LogP contribution < -0.4 is 15.1 Å². The average Bonchev–Trinajstić information content (AvgIpc) is 2.92. The zero-order valence-electron chi connectivity index (χ0n) is 21.2. The lowest BCUT2D eigenvalue weighted by molar-refractivity contribution is 0.110. The SMILES string of the molecule is CCOc1ccccc1N1CCN(CC(O)c2cccc3c(=O)c(C)c(-c4ccccc4)oc23)CC1.Cl. The van der Waals surface area contributed by atoms with Crippen molar-refractivity contribution < 1.29 is 14.3 Å². The molecule has 0 radical (unpaired) electrons. The number of β-amino-alcohol motifs (C(OH)–C–C–N with tert-alkyl or cyclic N) is 1. The Morgan fingerprint density at radius 2 is 1.65 bits per heavy atom. The van der Waals surface area contributed by atoms with Crippen LogP contribution in [0.15, 0.2) is 82.0 Å². The van der Waals surface area contributed by atoms with Crippen LogP contribution in [0, 0.1) is 6.92 Å². The second-order valence-corrected chi connectivity index (χ2v) is 9.18. The minimum Gasteiger partial charge on any atom is -0.492 e. The van der Waals surface area contributed by atoms with E-state index in [9.17, 15) is 9.90 Å². The van der Waals surface area contributed by atoms with E-state index in [0.717, 1.165) is 43.2 Å². The van der Waals surface area contributed by atoms with Gasteiger partial charge in [-0.25, -0.2) is 0 Å². The molecule has 1 aromatic heterocycles. The summed E-state index contributed by atoms with van der Waals surface area (Å²) in [7, 11) is 0. The first-order valence-electron chi connectivity index (χ1n) is 12.6. The van der Waals surface area contributed by atoms with Crippen LogP contribution >= 0.6 is 12.4 Å². The molecular weight excluding hydrogens is 488 g/mol. The van der Waals surface area contributed by atoms with Crippen molar-refractivity contribution in [2.24, 2.45) is 0 Å². The summed E-state index contributed by atoms with van der Waals surface area (Å²) in [5.41, 5.74) is 3.57. The smallest absolute Gasteiger partial charge is 0.196 e. The van der Waals surface area contributed by atoms with Crippen molar-refractivity contribution in [1.29, 1.82) is 0 Å². The Bertz CT molecular complexity index is 1400. The lowest BCUT2D eigenvalue weighted by atomic mass is 10.0. The van der Waals surface area contributed by atoms with Gasteiger partial charge in [0.1, 0.15) is 17.1 Å². The Balaban J connectivity index is 0.00000320. The van der Waals surface area contributed by atoms with Gasteiger partial charge in [0.05, 0.1) is 23.8 Å². The third kappa shape index (κ3) is 5.52. The number of anilines is 1. The fourth-order valence-electron chi connectivity index (χ4n) is 4.97. The van der Waals surface area contributed by atoms with Crippen LogP contribution in [0.4, 0.5) is 5.69 Å². The lowest BCUT2D eigenvalue weighted by Gasteiger charge is -2.37. The number of nitrogens with zero attached hydrogens (tertiary/aromatic N) is 2. The second kappa shape index (κ2) is 11.8. The van der Waals surface area contributed by atoms with Gasteiger partial charge < -0.3 is 19.2 Å². The molecule has 1 aliphatic heterocycles. The zero-order chi connectivity index (χ0) is 25.1. The molecule has 5 rings (SSSR count). The van der Waals surface area contributed by atoms with E-state index in [1.54, 1.807) is 13.0 Å². The van der Waals surface area contributed by atoms with Gasteiger partial charge in [0, 0.05) is 49.4 Å². The summed E-state index contributed by atoms with van der Waals surface area (Å²) >= 11 is 0. The van der Waals surface area contributed by atoms with E-state index in [0.29, 0.717) is 41.0 Å². The number of piperazine rings is 1. The largest absolute Gasteiger partial charge is 0.492 e. The van der Waals surface area contributed by atoms with Gasteiger partial charge in [-0.2, -0.15) is 0 Å². The van der Waals surface area contributed by atoms with E-state index in [2.05, 4.69) is 15.9 Å². The number of benzene rings is 3. The highest BCUT2D eigenvalue weighted by atomic mass is 35.5. The molecule has 37 heavy (non-hydrogen) atoms.